The second-order valence-electron chi connectivity index (χ2n) is 8.54. The van der Waals surface area contributed by atoms with Crippen LogP contribution in [0.5, 0.6) is 0 Å². The van der Waals surface area contributed by atoms with Crippen LogP contribution in [0.25, 0.3) is 10.9 Å². The van der Waals surface area contributed by atoms with Crippen molar-refractivity contribution in [3.05, 3.63) is 62.8 Å². The lowest BCUT2D eigenvalue weighted by molar-refractivity contribution is -0.113. The molecule has 0 saturated carbocycles. The summed E-state index contributed by atoms with van der Waals surface area (Å²) in [4.78, 5) is 52.5. The molecule has 0 spiro atoms. The summed E-state index contributed by atoms with van der Waals surface area (Å²) in [7, 11) is 1.66. The molecular formula is C24H24N4O5S. The Morgan fingerprint density at radius 1 is 1.15 bits per heavy atom. The lowest BCUT2D eigenvalue weighted by atomic mass is 10.1. The van der Waals surface area contributed by atoms with Gasteiger partial charge < -0.3 is 10.1 Å². The first kappa shape index (κ1) is 22.3. The number of thioether (sulfide) groups is 1. The normalized spacial score (nSPS) is 17.6. The van der Waals surface area contributed by atoms with E-state index in [4.69, 9.17) is 4.74 Å². The number of rotatable bonds is 5. The predicted octanol–water partition coefficient (Wildman–Crippen LogP) is 2.86. The minimum absolute atomic E-state index is 0.0678. The van der Waals surface area contributed by atoms with Crippen LogP contribution in [0.3, 0.4) is 0 Å². The molecule has 2 amide bonds. The van der Waals surface area contributed by atoms with Crippen molar-refractivity contribution in [3.63, 3.8) is 0 Å². The van der Waals surface area contributed by atoms with Gasteiger partial charge in [-0.25, -0.2) is 9.59 Å². The summed E-state index contributed by atoms with van der Waals surface area (Å²) in [5, 5.41) is 3.37. The van der Waals surface area contributed by atoms with Crippen LogP contribution >= 0.6 is 11.8 Å². The van der Waals surface area contributed by atoms with E-state index in [-0.39, 0.29) is 29.8 Å². The Kier molecular flexibility index (Phi) is 5.68. The lowest BCUT2D eigenvalue weighted by Crippen LogP contribution is -2.39. The third kappa shape index (κ3) is 3.87. The van der Waals surface area contributed by atoms with Crippen LogP contribution in [0.2, 0.25) is 0 Å². The van der Waals surface area contributed by atoms with Crippen LogP contribution in [0.15, 0.2) is 50.9 Å². The maximum atomic E-state index is 13.0. The van der Waals surface area contributed by atoms with E-state index >= 15 is 0 Å². The molecule has 5 rings (SSSR count). The number of fused-ring (bicyclic) bond motifs is 2. The van der Waals surface area contributed by atoms with Crippen LogP contribution in [0, 0.1) is 6.92 Å². The van der Waals surface area contributed by atoms with E-state index in [0.717, 1.165) is 10.5 Å². The second-order valence-corrected chi connectivity index (χ2v) is 9.56. The Bertz CT molecular complexity index is 1440. The third-order valence-electron chi connectivity index (χ3n) is 6.28. The molecule has 1 N–H and O–H groups in total. The highest BCUT2D eigenvalue weighted by Gasteiger charge is 2.32. The topological polar surface area (TPSA) is 103 Å². The van der Waals surface area contributed by atoms with Crippen molar-refractivity contribution in [2.24, 2.45) is 7.05 Å². The second kappa shape index (κ2) is 8.68. The van der Waals surface area contributed by atoms with Crippen LogP contribution < -0.4 is 21.5 Å². The summed E-state index contributed by atoms with van der Waals surface area (Å²) < 4.78 is 8.28. The Balaban J connectivity index is 1.28. The zero-order chi connectivity index (χ0) is 24.0. The number of nitrogens with one attached hydrogen (secondary N) is 1. The maximum Gasteiger partial charge on any atom is 0.414 e. The molecule has 1 atom stereocenters. The highest BCUT2D eigenvalue weighted by molar-refractivity contribution is 8.00. The monoisotopic (exact) mass is 480 g/mol. The van der Waals surface area contributed by atoms with Crippen molar-refractivity contribution >= 4 is 46.0 Å². The number of aromatic nitrogens is 2. The fourth-order valence-electron chi connectivity index (χ4n) is 4.51. The van der Waals surface area contributed by atoms with Gasteiger partial charge in [-0.3, -0.25) is 23.6 Å². The largest absolute Gasteiger partial charge is 0.444 e. The smallest absolute Gasteiger partial charge is 0.414 e. The summed E-state index contributed by atoms with van der Waals surface area (Å²) in [5.41, 5.74) is 2.14. The maximum absolute atomic E-state index is 13.0. The van der Waals surface area contributed by atoms with Gasteiger partial charge in [-0.2, -0.15) is 0 Å². The van der Waals surface area contributed by atoms with E-state index in [1.165, 1.54) is 20.9 Å². The molecule has 2 aliphatic heterocycles. The van der Waals surface area contributed by atoms with E-state index < -0.39 is 6.09 Å². The Morgan fingerprint density at radius 2 is 1.97 bits per heavy atom. The molecule has 34 heavy (non-hydrogen) atoms. The number of aryl methyl sites for hydroxylation is 2. The number of cyclic esters (lactones) is 1. The number of benzene rings is 2. The number of anilines is 2. The van der Waals surface area contributed by atoms with Gasteiger partial charge in [-0.15, -0.1) is 11.8 Å². The van der Waals surface area contributed by atoms with Gasteiger partial charge in [0.25, 0.3) is 5.56 Å². The number of nitrogens with zero attached hydrogens (tertiary/aromatic N) is 3. The highest BCUT2D eigenvalue weighted by atomic mass is 32.2. The molecule has 9 nitrogen and oxygen atoms in total. The number of carbonyl (C=O) groups excluding carboxylic acids is 2. The first-order valence-corrected chi connectivity index (χ1v) is 12.1. The number of ether oxygens (including phenoxy) is 1. The lowest BCUT2D eigenvalue weighted by Gasteiger charge is -2.20. The van der Waals surface area contributed by atoms with Gasteiger partial charge in [-0.1, -0.05) is 12.1 Å². The number of carbonyl (C=O) groups is 2. The van der Waals surface area contributed by atoms with E-state index in [1.54, 1.807) is 24.1 Å². The fourth-order valence-corrected chi connectivity index (χ4v) is 5.30. The van der Waals surface area contributed by atoms with E-state index in [1.807, 2.05) is 31.2 Å². The summed E-state index contributed by atoms with van der Waals surface area (Å²) >= 11 is 1.46. The summed E-state index contributed by atoms with van der Waals surface area (Å²) in [6, 6.07) is 11.0. The van der Waals surface area contributed by atoms with Gasteiger partial charge in [-0.05, 0) is 49.6 Å². The van der Waals surface area contributed by atoms with Gasteiger partial charge in [0.1, 0.15) is 6.10 Å². The molecule has 1 saturated heterocycles. The molecule has 1 fully saturated rings. The molecule has 2 aromatic carbocycles. The van der Waals surface area contributed by atoms with E-state index in [2.05, 4.69) is 5.32 Å². The standard InChI is InChI=1S/C24H24N4O5S/c1-14-5-3-7-18-21(14)22(30)27(23(31)26(18)2)10-4-6-16-12-28(24(32)33-16)15-8-9-19-17(11-15)25-20(29)13-34-19/h3,5,7-9,11,16H,4,6,10,12-13H2,1-2H3,(H,25,29). The van der Waals surface area contributed by atoms with Gasteiger partial charge in [0, 0.05) is 24.2 Å². The fraction of sp³-hybridized carbons (Fsp3) is 0.333. The minimum atomic E-state index is -0.450. The van der Waals surface area contributed by atoms with E-state index in [9.17, 15) is 19.2 Å². The molecule has 3 aromatic rings. The number of amides is 2. The molecule has 0 bridgehead atoms. The molecule has 3 heterocycles. The van der Waals surface area contributed by atoms with Crippen molar-refractivity contribution < 1.29 is 14.3 Å². The molecule has 0 radical (unpaired) electrons. The Morgan fingerprint density at radius 3 is 2.79 bits per heavy atom. The summed E-state index contributed by atoms with van der Waals surface area (Å²) in [5.74, 6) is 0.310. The van der Waals surface area contributed by atoms with Crippen molar-refractivity contribution in [2.45, 2.75) is 37.3 Å². The van der Waals surface area contributed by atoms with Gasteiger partial charge in [0.05, 0.1) is 28.9 Å². The van der Waals surface area contributed by atoms with Gasteiger partial charge in [0.2, 0.25) is 5.91 Å². The molecule has 2 aliphatic rings. The Hall–Kier alpha value is -3.53. The van der Waals surface area contributed by atoms with Crippen LogP contribution in [0.4, 0.5) is 16.2 Å². The first-order valence-electron chi connectivity index (χ1n) is 11.1. The number of hydrogen-bond donors (Lipinski definition) is 1. The Labute approximate surface area is 199 Å². The average Bonchev–Trinajstić information content (AvgIpc) is 3.19. The molecule has 1 unspecified atom stereocenters. The molecule has 10 heteroatoms. The van der Waals surface area contributed by atoms with Crippen LogP contribution in [-0.4, -0.2) is 39.5 Å². The minimum Gasteiger partial charge on any atom is -0.444 e. The predicted molar refractivity (Wildman–Crippen MR) is 131 cm³/mol. The zero-order valence-electron chi connectivity index (χ0n) is 18.9. The molecule has 0 aliphatic carbocycles. The molecule has 176 valence electrons. The summed E-state index contributed by atoms with van der Waals surface area (Å²) in [6.07, 6.45) is 0.222. The van der Waals surface area contributed by atoms with E-state index in [0.29, 0.717) is 47.4 Å². The molecular weight excluding hydrogens is 456 g/mol. The van der Waals surface area contributed by atoms with Crippen molar-refractivity contribution in [1.82, 2.24) is 9.13 Å². The zero-order valence-corrected chi connectivity index (χ0v) is 19.7. The van der Waals surface area contributed by atoms with Crippen molar-refractivity contribution in [2.75, 3.05) is 22.5 Å². The van der Waals surface area contributed by atoms with Crippen LogP contribution in [-0.2, 0) is 23.1 Å². The highest BCUT2D eigenvalue weighted by Crippen LogP contribution is 2.35. The quantitative estimate of drug-likeness (QED) is 0.603. The molecule has 1 aromatic heterocycles. The van der Waals surface area contributed by atoms with Crippen LogP contribution in [0.1, 0.15) is 18.4 Å². The van der Waals surface area contributed by atoms with Crippen molar-refractivity contribution in [3.8, 4) is 0 Å². The number of hydrogen-bond acceptors (Lipinski definition) is 6. The van der Waals surface area contributed by atoms with Crippen molar-refractivity contribution in [1.29, 1.82) is 0 Å². The summed E-state index contributed by atoms with van der Waals surface area (Å²) in [6.45, 7) is 2.46. The van der Waals surface area contributed by atoms with Gasteiger partial charge in [0.15, 0.2) is 0 Å². The third-order valence-corrected chi connectivity index (χ3v) is 7.35. The average molecular weight is 481 g/mol. The van der Waals surface area contributed by atoms with Gasteiger partial charge >= 0.3 is 11.8 Å². The SMILES string of the molecule is Cc1cccc2c1c(=O)n(CCCC1CN(c3ccc4c(c3)NC(=O)CS4)C(=O)O1)c(=O)n2C. The first-order chi connectivity index (χ1) is 16.3.